The van der Waals surface area contributed by atoms with Crippen LogP contribution < -0.4 is 0 Å². The molecule has 0 aromatic carbocycles. The quantitative estimate of drug-likeness (QED) is 0.324. The summed E-state index contributed by atoms with van der Waals surface area (Å²) in [5, 5.41) is 18.9. The maximum Gasteiger partial charge on any atom is 0.303 e. The predicted octanol–water partition coefficient (Wildman–Crippen LogP) is 7.17. The van der Waals surface area contributed by atoms with Gasteiger partial charge in [0.05, 0.1) is 45.6 Å². The first-order valence-electron chi connectivity index (χ1n) is 14.5. The second-order valence-electron chi connectivity index (χ2n) is 11.0. The summed E-state index contributed by atoms with van der Waals surface area (Å²) in [7, 11) is 0. The Morgan fingerprint density at radius 2 is 0.881 bits per heavy atom. The molecule has 0 saturated heterocycles. The van der Waals surface area contributed by atoms with Crippen LogP contribution in [0.25, 0.3) is 0 Å². The molecule has 216 valence electrons. The molecule has 0 aliphatic carbocycles. The van der Waals surface area contributed by atoms with E-state index in [9.17, 15) is 19.8 Å². The molecule has 0 aromatic rings. The molecule has 5 rings (SSSR count). The first-order chi connectivity index (χ1) is 20.0. The number of aliphatic carboxylic acids is 2. The summed E-state index contributed by atoms with van der Waals surface area (Å²) in [6.45, 7) is 12.3. The van der Waals surface area contributed by atoms with E-state index in [0.717, 1.165) is 86.1 Å². The lowest BCUT2D eigenvalue weighted by atomic mass is 9.96. The average Bonchev–Trinajstić information content (AvgIpc) is 3.59. The largest absolute Gasteiger partial charge is 0.481 e. The summed E-state index contributed by atoms with van der Waals surface area (Å²) in [5.74, 6) is -1.76. The molecule has 8 heteroatoms. The summed E-state index contributed by atoms with van der Waals surface area (Å²) in [6.07, 6.45) is 10.2. The maximum atomic E-state index is 11.5. The van der Waals surface area contributed by atoms with Gasteiger partial charge >= 0.3 is 11.9 Å². The van der Waals surface area contributed by atoms with E-state index in [1.807, 2.05) is 32.1 Å². The zero-order valence-electron chi connectivity index (χ0n) is 25.1. The van der Waals surface area contributed by atoms with Crippen molar-refractivity contribution in [3.05, 3.63) is 91.7 Å². The van der Waals surface area contributed by atoms with Crippen molar-refractivity contribution in [3.8, 4) is 0 Å². The fourth-order valence-electron chi connectivity index (χ4n) is 6.06. The van der Waals surface area contributed by atoms with Crippen LogP contribution in [0, 0.1) is 0 Å². The molecule has 0 radical (unpaired) electrons. The minimum Gasteiger partial charge on any atom is -0.481 e. The minimum absolute atomic E-state index is 0.0258. The Morgan fingerprint density at radius 1 is 0.524 bits per heavy atom. The van der Waals surface area contributed by atoms with Gasteiger partial charge in [-0.25, -0.2) is 20.0 Å². The normalized spacial score (nSPS) is 20.0. The first kappa shape index (κ1) is 29.0. The van der Waals surface area contributed by atoms with Crippen molar-refractivity contribution in [1.82, 2.24) is 0 Å². The molecule has 5 aliphatic heterocycles. The van der Waals surface area contributed by atoms with E-state index in [0.29, 0.717) is 24.3 Å². The molecule has 0 aromatic heterocycles. The fraction of sp³-hybridized carbons (Fsp3) is 0.353. The van der Waals surface area contributed by atoms with Crippen LogP contribution in [0.2, 0.25) is 0 Å². The van der Waals surface area contributed by atoms with Crippen molar-refractivity contribution in [1.29, 1.82) is 0 Å². The summed E-state index contributed by atoms with van der Waals surface area (Å²) in [6, 6.07) is 0. The molecule has 0 saturated carbocycles. The van der Waals surface area contributed by atoms with Crippen LogP contribution in [-0.2, 0) is 9.59 Å². The van der Waals surface area contributed by atoms with Crippen molar-refractivity contribution < 1.29 is 19.8 Å². The zero-order valence-corrected chi connectivity index (χ0v) is 25.1. The molecular weight excluding hydrogens is 528 g/mol. The average molecular weight is 565 g/mol. The Hall–Kier alpha value is -4.46. The number of hydrogen-bond acceptors (Lipinski definition) is 6. The standard InChI is InChI=1S/C34H36N4O4/c1-7-21-17(3)25-13-26-19(5)23(9-11-33(39)40)31(37-26)16-32-24(10-12-34(41)42)20(6)28(38-32)15-30-22(8-2)18(4)27(36-30)14-29(21)35-25/h13-16H,7-12H2,1-6H3,(H,39,40)(H,41,42). The van der Waals surface area contributed by atoms with Crippen LogP contribution in [0.5, 0.6) is 0 Å². The summed E-state index contributed by atoms with van der Waals surface area (Å²) < 4.78 is 0. The van der Waals surface area contributed by atoms with Crippen molar-refractivity contribution in [2.75, 3.05) is 0 Å². The zero-order chi connectivity index (χ0) is 30.3. The molecule has 5 heterocycles. The van der Waals surface area contributed by atoms with Gasteiger partial charge in [-0.3, -0.25) is 9.59 Å². The Morgan fingerprint density at radius 3 is 1.33 bits per heavy atom. The van der Waals surface area contributed by atoms with Crippen molar-refractivity contribution in [2.24, 2.45) is 20.0 Å². The maximum absolute atomic E-state index is 11.5. The Bertz CT molecular complexity index is 1710. The number of carbonyl (C=O) groups is 2. The molecule has 5 aliphatic rings. The van der Waals surface area contributed by atoms with Gasteiger partial charge in [0, 0.05) is 12.8 Å². The Labute approximate surface area is 246 Å². The molecule has 0 atom stereocenters. The number of nitrogens with zero attached hydrogens (tertiary/aromatic N) is 4. The molecule has 8 bridgehead atoms. The van der Waals surface area contributed by atoms with E-state index in [-0.39, 0.29) is 12.8 Å². The molecule has 0 unspecified atom stereocenters. The summed E-state index contributed by atoms with van der Waals surface area (Å²) >= 11 is 0. The summed E-state index contributed by atoms with van der Waals surface area (Å²) in [4.78, 5) is 43.1. The molecule has 0 spiro atoms. The van der Waals surface area contributed by atoms with E-state index in [1.165, 1.54) is 5.57 Å². The lowest BCUT2D eigenvalue weighted by Crippen LogP contribution is -2.03. The van der Waals surface area contributed by atoms with Gasteiger partial charge in [-0.2, -0.15) is 0 Å². The van der Waals surface area contributed by atoms with E-state index in [2.05, 4.69) is 33.8 Å². The number of fused-ring (bicyclic) bond motifs is 4. The van der Waals surface area contributed by atoms with Crippen molar-refractivity contribution in [3.63, 3.8) is 0 Å². The Kier molecular flexibility index (Phi) is 7.91. The number of allylic oxidation sites excluding steroid dienone is 12. The summed E-state index contributed by atoms with van der Waals surface area (Å²) in [5.41, 5.74) is 14.3. The third-order valence-corrected chi connectivity index (χ3v) is 8.53. The van der Waals surface area contributed by atoms with Crippen LogP contribution in [0.1, 0.15) is 80.1 Å². The van der Waals surface area contributed by atoms with Gasteiger partial charge in [-0.05, 0) is 122 Å². The van der Waals surface area contributed by atoms with E-state index >= 15 is 0 Å². The van der Waals surface area contributed by atoms with Gasteiger partial charge in [0.25, 0.3) is 0 Å². The predicted molar refractivity (Wildman–Crippen MR) is 167 cm³/mol. The molecular formula is C34H36N4O4. The smallest absolute Gasteiger partial charge is 0.303 e. The van der Waals surface area contributed by atoms with Crippen LogP contribution in [0.4, 0.5) is 0 Å². The highest BCUT2D eigenvalue weighted by molar-refractivity contribution is 6.20. The molecule has 0 amide bonds. The third kappa shape index (κ3) is 5.29. The van der Waals surface area contributed by atoms with Crippen LogP contribution in [0.15, 0.2) is 112 Å². The highest BCUT2D eigenvalue weighted by atomic mass is 16.4. The van der Waals surface area contributed by atoms with E-state index in [4.69, 9.17) is 20.0 Å². The lowest BCUT2D eigenvalue weighted by Gasteiger charge is -2.07. The first-order valence-corrected chi connectivity index (χ1v) is 14.5. The van der Waals surface area contributed by atoms with Gasteiger partial charge in [-0.15, -0.1) is 0 Å². The highest BCUT2D eigenvalue weighted by Crippen LogP contribution is 2.38. The van der Waals surface area contributed by atoms with Crippen molar-refractivity contribution >= 4 is 34.8 Å². The van der Waals surface area contributed by atoms with Gasteiger partial charge < -0.3 is 10.2 Å². The van der Waals surface area contributed by atoms with Gasteiger partial charge in [0.1, 0.15) is 0 Å². The number of aliphatic imine (C=N–C) groups is 4. The molecule has 8 nitrogen and oxygen atoms in total. The number of carboxylic acid groups (broad SMARTS) is 2. The molecule has 0 fully saturated rings. The monoisotopic (exact) mass is 564 g/mol. The number of carboxylic acids is 2. The Balaban J connectivity index is 1.77. The van der Waals surface area contributed by atoms with Crippen molar-refractivity contribution in [2.45, 2.75) is 80.1 Å². The lowest BCUT2D eigenvalue weighted by molar-refractivity contribution is -0.137. The van der Waals surface area contributed by atoms with Gasteiger partial charge in [-0.1, -0.05) is 13.8 Å². The SMILES string of the molecule is CCC1=C(C)C2=CC3=NC(=CC4=NC(=CC5=NC(=CC1=N2)C(C)=C5CC)C(C)=C4CCC(=O)O)C(CCC(=O)O)=C3C. The topological polar surface area (TPSA) is 124 Å². The molecule has 2 N–H and O–H groups in total. The minimum atomic E-state index is -0.878. The highest BCUT2D eigenvalue weighted by Gasteiger charge is 2.28. The molecule has 42 heavy (non-hydrogen) atoms. The number of hydrogen-bond donors (Lipinski definition) is 2. The van der Waals surface area contributed by atoms with Crippen LogP contribution in [0.3, 0.4) is 0 Å². The second kappa shape index (κ2) is 11.4. The number of rotatable bonds is 8. The van der Waals surface area contributed by atoms with Gasteiger partial charge in [0.2, 0.25) is 0 Å². The van der Waals surface area contributed by atoms with E-state index < -0.39 is 11.9 Å². The van der Waals surface area contributed by atoms with Crippen LogP contribution in [-0.4, -0.2) is 45.0 Å². The van der Waals surface area contributed by atoms with E-state index in [1.54, 1.807) is 0 Å². The second-order valence-corrected chi connectivity index (χ2v) is 11.0. The van der Waals surface area contributed by atoms with Crippen LogP contribution >= 0.6 is 0 Å². The van der Waals surface area contributed by atoms with Gasteiger partial charge in [0.15, 0.2) is 0 Å². The fourth-order valence-corrected chi connectivity index (χ4v) is 6.06. The third-order valence-electron chi connectivity index (χ3n) is 8.53.